The molecule has 2 atom stereocenters. The molecule has 1 aliphatic carbocycles. The monoisotopic (exact) mass is 202 g/mol. The second kappa shape index (κ2) is 3.19. The van der Waals surface area contributed by atoms with Gasteiger partial charge in [0, 0.05) is 11.5 Å². The van der Waals surface area contributed by atoms with Gasteiger partial charge in [0.25, 0.3) is 0 Å². The Morgan fingerprint density at radius 2 is 1.73 bits per heavy atom. The zero-order valence-corrected chi connectivity index (χ0v) is 9.87. The first-order valence-corrected chi connectivity index (χ1v) is 5.56. The molecule has 0 spiro atoms. The standard InChI is InChI=1S/C14H18O/c1-9-12(14(2,3)4)10-7-5-6-8-11(10)13(9)15/h5-9,12H,1-4H3/t9-,12-/m0/s1. The Morgan fingerprint density at radius 3 is 2.33 bits per heavy atom. The number of carbonyl (C=O) groups excluding carboxylic acids is 1. The highest BCUT2D eigenvalue weighted by molar-refractivity contribution is 6.03. The third-order valence-electron chi connectivity index (χ3n) is 3.41. The number of Topliss-reactive ketones (excluding diaryl/α,β-unsaturated/α-hetero) is 1. The Labute approximate surface area is 91.5 Å². The van der Waals surface area contributed by atoms with E-state index in [-0.39, 0.29) is 11.3 Å². The van der Waals surface area contributed by atoms with Crippen LogP contribution in [0.15, 0.2) is 24.3 Å². The molecule has 0 heterocycles. The minimum Gasteiger partial charge on any atom is -0.294 e. The van der Waals surface area contributed by atoms with E-state index >= 15 is 0 Å². The van der Waals surface area contributed by atoms with Gasteiger partial charge in [-0.3, -0.25) is 4.79 Å². The van der Waals surface area contributed by atoms with E-state index in [9.17, 15) is 4.79 Å². The van der Waals surface area contributed by atoms with Crippen LogP contribution in [0, 0.1) is 11.3 Å². The van der Waals surface area contributed by atoms with Crippen LogP contribution in [0.1, 0.15) is 49.5 Å². The van der Waals surface area contributed by atoms with Crippen molar-refractivity contribution in [2.45, 2.75) is 33.6 Å². The third-order valence-corrected chi connectivity index (χ3v) is 3.41. The van der Waals surface area contributed by atoms with Gasteiger partial charge in [-0.05, 0) is 16.9 Å². The lowest BCUT2D eigenvalue weighted by molar-refractivity contribution is 0.0903. The molecule has 1 aromatic rings. The molecule has 0 saturated heterocycles. The van der Waals surface area contributed by atoms with Crippen molar-refractivity contribution in [3.63, 3.8) is 0 Å². The molecule has 0 bridgehead atoms. The molecule has 15 heavy (non-hydrogen) atoms. The molecule has 80 valence electrons. The van der Waals surface area contributed by atoms with E-state index in [1.165, 1.54) is 5.56 Å². The Bertz CT molecular complexity index is 398. The summed E-state index contributed by atoms with van der Waals surface area (Å²) in [4.78, 5) is 12.1. The molecule has 0 amide bonds. The second-order valence-corrected chi connectivity index (χ2v) is 5.58. The highest BCUT2D eigenvalue weighted by Crippen LogP contribution is 2.47. The van der Waals surface area contributed by atoms with Crippen LogP contribution in [-0.4, -0.2) is 5.78 Å². The summed E-state index contributed by atoms with van der Waals surface area (Å²) in [7, 11) is 0. The first-order valence-electron chi connectivity index (χ1n) is 5.56. The van der Waals surface area contributed by atoms with Crippen molar-refractivity contribution < 1.29 is 4.79 Å². The van der Waals surface area contributed by atoms with E-state index < -0.39 is 0 Å². The van der Waals surface area contributed by atoms with Crippen LogP contribution in [0.4, 0.5) is 0 Å². The molecular formula is C14H18O. The van der Waals surface area contributed by atoms with Crippen molar-refractivity contribution in [3.8, 4) is 0 Å². The summed E-state index contributed by atoms with van der Waals surface area (Å²) >= 11 is 0. The van der Waals surface area contributed by atoms with Crippen LogP contribution >= 0.6 is 0 Å². The minimum atomic E-state index is 0.127. The van der Waals surface area contributed by atoms with E-state index in [1.807, 2.05) is 18.2 Å². The molecule has 0 unspecified atom stereocenters. The smallest absolute Gasteiger partial charge is 0.166 e. The Morgan fingerprint density at radius 1 is 1.13 bits per heavy atom. The van der Waals surface area contributed by atoms with Gasteiger partial charge < -0.3 is 0 Å². The first-order chi connectivity index (χ1) is 6.93. The van der Waals surface area contributed by atoms with Gasteiger partial charge >= 0.3 is 0 Å². The Hall–Kier alpha value is -1.11. The van der Waals surface area contributed by atoms with Crippen LogP contribution in [-0.2, 0) is 0 Å². The average Bonchev–Trinajstić information content (AvgIpc) is 2.39. The van der Waals surface area contributed by atoms with Gasteiger partial charge in [-0.25, -0.2) is 0 Å². The number of benzene rings is 1. The maximum Gasteiger partial charge on any atom is 0.166 e. The van der Waals surface area contributed by atoms with E-state index in [4.69, 9.17) is 0 Å². The highest BCUT2D eigenvalue weighted by atomic mass is 16.1. The summed E-state index contributed by atoms with van der Waals surface area (Å²) in [6, 6.07) is 8.05. The van der Waals surface area contributed by atoms with Crippen LogP contribution in [0.3, 0.4) is 0 Å². The molecule has 1 nitrogen and oxygen atoms in total. The number of carbonyl (C=O) groups is 1. The Balaban J connectivity index is 2.57. The molecule has 0 saturated carbocycles. The number of ketones is 1. The summed E-state index contributed by atoms with van der Waals surface area (Å²) in [6.45, 7) is 8.69. The fourth-order valence-electron chi connectivity index (χ4n) is 2.88. The molecular weight excluding hydrogens is 184 g/mol. The lowest BCUT2D eigenvalue weighted by Crippen LogP contribution is -2.23. The van der Waals surface area contributed by atoms with E-state index in [2.05, 4.69) is 33.8 Å². The van der Waals surface area contributed by atoms with E-state index in [0.29, 0.717) is 11.7 Å². The first kappa shape index (κ1) is 10.4. The van der Waals surface area contributed by atoms with Gasteiger partial charge in [0.2, 0.25) is 0 Å². The van der Waals surface area contributed by atoms with E-state index in [1.54, 1.807) is 0 Å². The van der Waals surface area contributed by atoms with Gasteiger partial charge in [-0.15, -0.1) is 0 Å². The molecule has 0 fully saturated rings. The summed E-state index contributed by atoms with van der Waals surface area (Å²) in [5, 5.41) is 0. The fourth-order valence-corrected chi connectivity index (χ4v) is 2.88. The van der Waals surface area contributed by atoms with Crippen LogP contribution in [0.2, 0.25) is 0 Å². The van der Waals surface area contributed by atoms with Gasteiger partial charge in [0.1, 0.15) is 0 Å². The molecule has 0 aliphatic heterocycles. The van der Waals surface area contributed by atoms with Gasteiger partial charge in [0.05, 0.1) is 0 Å². The molecule has 1 aromatic carbocycles. The zero-order chi connectivity index (χ0) is 11.2. The number of fused-ring (bicyclic) bond motifs is 1. The lowest BCUT2D eigenvalue weighted by Gasteiger charge is -2.30. The minimum absolute atomic E-state index is 0.127. The summed E-state index contributed by atoms with van der Waals surface area (Å²) in [5.74, 6) is 0.800. The van der Waals surface area contributed by atoms with Crippen molar-refractivity contribution in [1.82, 2.24) is 0 Å². The fraction of sp³-hybridized carbons (Fsp3) is 0.500. The maximum atomic E-state index is 12.1. The Kier molecular flexibility index (Phi) is 2.22. The van der Waals surface area contributed by atoms with Crippen molar-refractivity contribution in [1.29, 1.82) is 0 Å². The zero-order valence-electron chi connectivity index (χ0n) is 9.87. The third kappa shape index (κ3) is 1.50. The molecule has 0 N–H and O–H groups in total. The van der Waals surface area contributed by atoms with Crippen LogP contribution in [0.5, 0.6) is 0 Å². The lowest BCUT2D eigenvalue weighted by atomic mass is 9.73. The van der Waals surface area contributed by atoms with Crippen molar-refractivity contribution >= 4 is 5.78 Å². The molecule has 1 heteroatoms. The SMILES string of the molecule is C[C@@H]1C(=O)c2ccccc2[C@H]1C(C)(C)C. The summed E-state index contributed by atoms with van der Waals surface area (Å²) in [6.07, 6.45) is 0. The summed E-state index contributed by atoms with van der Waals surface area (Å²) in [5.41, 5.74) is 2.33. The number of hydrogen-bond acceptors (Lipinski definition) is 1. The van der Waals surface area contributed by atoms with Crippen molar-refractivity contribution in [2.75, 3.05) is 0 Å². The molecule has 1 aliphatic rings. The molecule has 0 radical (unpaired) electrons. The predicted octanol–water partition coefficient (Wildman–Crippen LogP) is 3.65. The van der Waals surface area contributed by atoms with E-state index in [0.717, 1.165) is 5.56 Å². The predicted molar refractivity (Wildman–Crippen MR) is 62.1 cm³/mol. The normalized spacial score (nSPS) is 25.5. The van der Waals surface area contributed by atoms with Gasteiger partial charge in [-0.2, -0.15) is 0 Å². The number of rotatable bonds is 0. The molecule has 2 rings (SSSR count). The maximum absolute atomic E-state index is 12.1. The highest BCUT2D eigenvalue weighted by Gasteiger charge is 2.42. The number of hydrogen-bond donors (Lipinski definition) is 0. The summed E-state index contributed by atoms with van der Waals surface area (Å²) < 4.78 is 0. The van der Waals surface area contributed by atoms with Crippen molar-refractivity contribution in [2.24, 2.45) is 11.3 Å². The van der Waals surface area contributed by atoms with Crippen molar-refractivity contribution in [3.05, 3.63) is 35.4 Å². The molecule has 0 aromatic heterocycles. The average molecular weight is 202 g/mol. The topological polar surface area (TPSA) is 17.1 Å². The van der Waals surface area contributed by atoms with Crippen LogP contribution < -0.4 is 0 Å². The van der Waals surface area contributed by atoms with Gasteiger partial charge in [-0.1, -0.05) is 52.0 Å². The quantitative estimate of drug-likeness (QED) is 0.627. The second-order valence-electron chi connectivity index (χ2n) is 5.58. The van der Waals surface area contributed by atoms with Gasteiger partial charge in [0.15, 0.2) is 5.78 Å². The largest absolute Gasteiger partial charge is 0.294 e. The van der Waals surface area contributed by atoms with Crippen LogP contribution in [0.25, 0.3) is 0 Å².